The van der Waals surface area contributed by atoms with Crippen LogP contribution in [0, 0.1) is 5.41 Å². The molecule has 1 aliphatic heterocycles. The molecule has 0 saturated heterocycles. The lowest BCUT2D eigenvalue weighted by atomic mass is 9.68. The molecule has 2 aliphatic rings. The molecule has 3 rings (SSSR count). The minimum Gasteiger partial charge on any atom is -0.460 e. The summed E-state index contributed by atoms with van der Waals surface area (Å²) in [5.41, 5.74) is 5.02. The first-order valence-corrected chi connectivity index (χ1v) is 10.8. The molecule has 0 bridgehead atoms. The quantitative estimate of drug-likeness (QED) is 0.531. The van der Waals surface area contributed by atoms with Crippen molar-refractivity contribution in [3.05, 3.63) is 57.9 Å². The van der Waals surface area contributed by atoms with Gasteiger partial charge in [0.1, 0.15) is 6.61 Å². The van der Waals surface area contributed by atoms with Crippen LogP contribution in [0.3, 0.4) is 0 Å². The van der Waals surface area contributed by atoms with E-state index in [1.54, 1.807) is 7.11 Å². The Labute approximate surface area is 179 Å². The van der Waals surface area contributed by atoms with Crippen molar-refractivity contribution in [2.24, 2.45) is 5.41 Å². The largest absolute Gasteiger partial charge is 0.460 e. The summed E-state index contributed by atoms with van der Waals surface area (Å²) in [5.74, 6) is -0.703. The predicted octanol–water partition coefficient (Wildman–Crippen LogP) is 4.43. The van der Waals surface area contributed by atoms with E-state index in [1.165, 1.54) is 5.56 Å². The van der Waals surface area contributed by atoms with Crippen molar-refractivity contribution in [1.82, 2.24) is 5.32 Å². The number of allylic oxidation sites excluding steroid dienone is 3. The van der Waals surface area contributed by atoms with Gasteiger partial charge in [0, 0.05) is 36.4 Å². The zero-order chi connectivity index (χ0) is 21.9. The van der Waals surface area contributed by atoms with Crippen LogP contribution in [0.15, 0.2) is 46.8 Å². The summed E-state index contributed by atoms with van der Waals surface area (Å²) in [6.07, 6.45) is 3.34. The number of rotatable bonds is 7. The summed E-state index contributed by atoms with van der Waals surface area (Å²) in [4.78, 5) is 26.3. The van der Waals surface area contributed by atoms with Gasteiger partial charge in [0.25, 0.3) is 0 Å². The van der Waals surface area contributed by atoms with Crippen LogP contribution in [-0.2, 0) is 25.5 Å². The average Bonchev–Trinajstić information content (AvgIpc) is 2.67. The molecule has 30 heavy (non-hydrogen) atoms. The molecular formula is C25H33NO4. The van der Waals surface area contributed by atoms with Crippen LogP contribution in [0.5, 0.6) is 0 Å². The maximum Gasteiger partial charge on any atom is 0.336 e. The molecule has 5 heteroatoms. The molecule has 0 amide bonds. The van der Waals surface area contributed by atoms with Crippen LogP contribution in [0.4, 0.5) is 0 Å². The molecule has 0 fully saturated rings. The number of carbonyl (C=O) groups excluding carboxylic acids is 2. The number of carbonyl (C=O) groups is 2. The van der Waals surface area contributed by atoms with E-state index in [-0.39, 0.29) is 17.8 Å². The average molecular weight is 412 g/mol. The van der Waals surface area contributed by atoms with Gasteiger partial charge < -0.3 is 14.8 Å². The summed E-state index contributed by atoms with van der Waals surface area (Å²) in [5, 5.41) is 3.36. The number of esters is 1. The zero-order valence-corrected chi connectivity index (χ0v) is 18.8. The van der Waals surface area contributed by atoms with E-state index in [2.05, 4.69) is 38.2 Å². The summed E-state index contributed by atoms with van der Waals surface area (Å²) >= 11 is 0. The molecule has 0 spiro atoms. The van der Waals surface area contributed by atoms with Gasteiger partial charge in [0.05, 0.1) is 12.2 Å². The molecule has 0 aromatic heterocycles. The normalized spacial score (nSPS) is 20.7. The van der Waals surface area contributed by atoms with Crippen molar-refractivity contribution in [3.8, 4) is 0 Å². The maximum atomic E-state index is 13.2. The topological polar surface area (TPSA) is 64.6 Å². The molecule has 1 aliphatic carbocycles. The van der Waals surface area contributed by atoms with Gasteiger partial charge in [0.2, 0.25) is 0 Å². The fourth-order valence-electron chi connectivity index (χ4n) is 4.50. The first kappa shape index (κ1) is 22.3. The van der Waals surface area contributed by atoms with Crippen molar-refractivity contribution in [3.63, 3.8) is 0 Å². The second-order valence-electron chi connectivity index (χ2n) is 9.05. The molecule has 1 aromatic rings. The Bertz CT molecular complexity index is 877. The van der Waals surface area contributed by atoms with Crippen molar-refractivity contribution < 1.29 is 19.1 Å². The SMILES string of the molecule is CCCc1ccc(C2C(C(=O)OCCOC)=C(C)NC3=C2C(=O)CC(C)(C)C3)cc1. The summed E-state index contributed by atoms with van der Waals surface area (Å²) in [6, 6.07) is 8.30. The molecular weight excluding hydrogens is 378 g/mol. The number of ether oxygens (including phenoxy) is 2. The highest BCUT2D eigenvalue weighted by Gasteiger charge is 2.43. The van der Waals surface area contributed by atoms with Gasteiger partial charge in [-0.25, -0.2) is 4.79 Å². The van der Waals surface area contributed by atoms with Crippen LogP contribution in [-0.4, -0.2) is 32.1 Å². The number of ketones is 1. The van der Waals surface area contributed by atoms with E-state index in [4.69, 9.17) is 9.47 Å². The number of aryl methyl sites for hydroxylation is 1. The van der Waals surface area contributed by atoms with E-state index >= 15 is 0 Å². The number of hydrogen-bond acceptors (Lipinski definition) is 5. The molecule has 5 nitrogen and oxygen atoms in total. The summed E-state index contributed by atoms with van der Waals surface area (Å²) in [6.45, 7) is 8.78. The molecule has 1 unspecified atom stereocenters. The first-order valence-electron chi connectivity index (χ1n) is 10.8. The smallest absolute Gasteiger partial charge is 0.336 e. The van der Waals surface area contributed by atoms with E-state index in [9.17, 15) is 9.59 Å². The third-order valence-corrected chi connectivity index (χ3v) is 5.83. The monoisotopic (exact) mass is 411 g/mol. The van der Waals surface area contributed by atoms with Crippen LogP contribution >= 0.6 is 0 Å². The highest BCUT2D eigenvalue weighted by Crippen LogP contribution is 2.46. The highest BCUT2D eigenvalue weighted by atomic mass is 16.6. The molecule has 1 aromatic carbocycles. The number of dihydropyridines is 1. The standard InChI is InChI=1S/C25H33NO4/c1-6-7-17-8-10-18(11-9-17)22-21(24(28)30-13-12-29-5)16(2)26-19-14-25(3,4)15-20(27)23(19)22/h8-11,22,26H,6-7,12-15H2,1-5H3. The van der Waals surface area contributed by atoms with Gasteiger partial charge in [-0.05, 0) is 36.3 Å². The molecule has 1 N–H and O–H groups in total. The van der Waals surface area contributed by atoms with Crippen LogP contribution in [0.25, 0.3) is 0 Å². The minimum absolute atomic E-state index is 0.102. The third kappa shape index (κ3) is 4.67. The molecule has 1 atom stereocenters. The lowest BCUT2D eigenvalue weighted by molar-refractivity contribution is -0.140. The fraction of sp³-hybridized carbons (Fsp3) is 0.520. The lowest BCUT2D eigenvalue weighted by Gasteiger charge is -2.39. The van der Waals surface area contributed by atoms with E-state index in [0.29, 0.717) is 24.2 Å². The van der Waals surface area contributed by atoms with E-state index in [1.807, 2.05) is 19.1 Å². The maximum absolute atomic E-state index is 13.2. The van der Waals surface area contributed by atoms with Crippen molar-refractivity contribution >= 4 is 11.8 Å². The van der Waals surface area contributed by atoms with Crippen molar-refractivity contribution in [2.45, 2.75) is 59.3 Å². The zero-order valence-electron chi connectivity index (χ0n) is 18.8. The second-order valence-corrected chi connectivity index (χ2v) is 9.05. The second kappa shape index (κ2) is 9.17. The molecule has 0 saturated carbocycles. The Morgan fingerprint density at radius 2 is 1.87 bits per heavy atom. The number of hydrogen-bond donors (Lipinski definition) is 1. The lowest BCUT2D eigenvalue weighted by Crippen LogP contribution is -2.38. The number of methoxy groups -OCH3 is 1. The van der Waals surface area contributed by atoms with Gasteiger partial charge >= 0.3 is 5.97 Å². The van der Waals surface area contributed by atoms with Gasteiger partial charge in [-0.15, -0.1) is 0 Å². The summed E-state index contributed by atoms with van der Waals surface area (Å²) < 4.78 is 10.5. The molecule has 0 radical (unpaired) electrons. The fourth-order valence-corrected chi connectivity index (χ4v) is 4.50. The van der Waals surface area contributed by atoms with Crippen LogP contribution in [0.1, 0.15) is 64.0 Å². The third-order valence-electron chi connectivity index (χ3n) is 5.83. The van der Waals surface area contributed by atoms with E-state index < -0.39 is 11.9 Å². The Hall–Kier alpha value is -2.40. The first-order chi connectivity index (χ1) is 14.3. The highest BCUT2D eigenvalue weighted by molar-refractivity contribution is 6.04. The Kier molecular flexibility index (Phi) is 6.81. The Balaban J connectivity index is 2.05. The number of benzene rings is 1. The Morgan fingerprint density at radius 1 is 1.17 bits per heavy atom. The van der Waals surface area contributed by atoms with Gasteiger partial charge in [-0.2, -0.15) is 0 Å². The van der Waals surface area contributed by atoms with Crippen LogP contribution < -0.4 is 5.32 Å². The number of Topliss-reactive ketones (excluding diaryl/α,β-unsaturated/α-hetero) is 1. The van der Waals surface area contributed by atoms with E-state index in [0.717, 1.165) is 36.2 Å². The molecule has 162 valence electrons. The minimum atomic E-state index is -0.407. The van der Waals surface area contributed by atoms with Crippen molar-refractivity contribution in [1.29, 1.82) is 0 Å². The Morgan fingerprint density at radius 3 is 2.50 bits per heavy atom. The van der Waals surface area contributed by atoms with Crippen LogP contribution in [0.2, 0.25) is 0 Å². The van der Waals surface area contributed by atoms with Crippen molar-refractivity contribution in [2.75, 3.05) is 20.3 Å². The predicted molar refractivity (Wildman–Crippen MR) is 117 cm³/mol. The summed E-state index contributed by atoms with van der Waals surface area (Å²) in [7, 11) is 1.57. The number of nitrogens with one attached hydrogen (secondary N) is 1. The van der Waals surface area contributed by atoms with Gasteiger partial charge in [0.15, 0.2) is 5.78 Å². The molecule has 1 heterocycles. The van der Waals surface area contributed by atoms with Gasteiger partial charge in [-0.3, -0.25) is 4.79 Å². The van der Waals surface area contributed by atoms with Gasteiger partial charge in [-0.1, -0.05) is 51.5 Å².